The number of likely N-dealkylation sites (N-methyl/N-ethyl adjacent to an activating group) is 1. The maximum atomic E-state index is 13.1. The second kappa shape index (κ2) is 5.75. The van der Waals surface area contributed by atoms with Crippen LogP contribution < -0.4 is 10.1 Å². The number of rotatable bonds is 5. The number of aliphatic carboxylic acids is 1. The zero-order valence-corrected chi connectivity index (χ0v) is 11.2. The topological polar surface area (TPSA) is 58.6 Å². The summed E-state index contributed by atoms with van der Waals surface area (Å²) in [5.41, 5.74) is -1.01. The van der Waals surface area contributed by atoms with Crippen molar-refractivity contribution in [2.75, 3.05) is 6.54 Å². The highest BCUT2D eigenvalue weighted by Gasteiger charge is 2.45. The molecule has 1 aliphatic carbocycles. The molecule has 0 amide bonds. The fourth-order valence-corrected chi connectivity index (χ4v) is 2.66. The number of benzene rings is 1. The lowest BCUT2D eigenvalue weighted by Gasteiger charge is -2.25. The molecule has 4 nitrogen and oxygen atoms in total. The molecule has 1 fully saturated rings. The van der Waals surface area contributed by atoms with Gasteiger partial charge in [-0.1, -0.05) is 6.92 Å². The minimum Gasteiger partial charge on any atom is -0.490 e. The van der Waals surface area contributed by atoms with Crippen molar-refractivity contribution in [3.63, 3.8) is 0 Å². The van der Waals surface area contributed by atoms with Crippen molar-refractivity contribution in [3.8, 4) is 5.75 Å². The standard InChI is InChI=1S/C14H17F2NO3/c1-2-17-14(13(18)19)4-3-11(8-14)20-12-6-9(15)5-10(16)7-12/h5-7,11,17H,2-4,8H2,1H3,(H,18,19). The summed E-state index contributed by atoms with van der Waals surface area (Å²) in [6.07, 6.45) is 0.857. The summed E-state index contributed by atoms with van der Waals surface area (Å²) in [5, 5.41) is 12.3. The van der Waals surface area contributed by atoms with E-state index in [4.69, 9.17) is 4.74 Å². The van der Waals surface area contributed by atoms with Gasteiger partial charge in [0, 0.05) is 24.6 Å². The first kappa shape index (κ1) is 14.7. The van der Waals surface area contributed by atoms with E-state index in [0.29, 0.717) is 19.4 Å². The van der Waals surface area contributed by atoms with Crippen LogP contribution in [0.25, 0.3) is 0 Å². The highest BCUT2D eigenvalue weighted by atomic mass is 19.1. The average molecular weight is 285 g/mol. The van der Waals surface area contributed by atoms with E-state index < -0.39 is 23.1 Å². The van der Waals surface area contributed by atoms with Crippen LogP contribution in [0, 0.1) is 11.6 Å². The van der Waals surface area contributed by atoms with Crippen LogP contribution in [0.15, 0.2) is 18.2 Å². The molecule has 0 aliphatic heterocycles. The first-order valence-corrected chi connectivity index (χ1v) is 6.56. The van der Waals surface area contributed by atoms with E-state index in [1.54, 1.807) is 0 Å². The molecule has 0 radical (unpaired) electrons. The number of carbonyl (C=O) groups is 1. The number of carboxylic acids is 1. The minimum atomic E-state index is -1.01. The molecule has 0 aromatic heterocycles. The molecule has 2 unspecified atom stereocenters. The maximum absolute atomic E-state index is 13.1. The van der Waals surface area contributed by atoms with Crippen LogP contribution in [0.3, 0.4) is 0 Å². The zero-order chi connectivity index (χ0) is 14.8. The van der Waals surface area contributed by atoms with E-state index in [2.05, 4.69) is 5.32 Å². The van der Waals surface area contributed by atoms with Crippen LogP contribution in [-0.4, -0.2) is 29.3 Å². The quantitative estimate of drug-likeness (QED) is 0.871. The van der Waals surface area contributed by atoms with Gasteiger partial charge in [-0.2, -0.15) is 0 Å². The second-order valence-corrected chi connectivity index (χ2v) is 5.01. The molecule has 2 atom stereocenters. The van der Waals surface area contributed by atoms with Crippen LogP contribution in [0.1, 0.15) is 26.2 Å². The van der Waals surface area contributed by atoms with E-state index in [-0.39, 0.29) is 18.3 Å². The molecule has 2 rings (SSSR count). The van der Waals surface area contributed by atoms with Gasteiger partial charge in [-0.25, -0.2) is 8.78 Å². The second-order valence-electron chi connectivity index (χ2n) is 5.01. The number of nitrogens with one attached hydrogen (secondary N) is 1. The Morgan fingerprint density at radius 3 is 2.65 bits per heavy atom. The van der Waals surface area contributed by atoms with E-state index >= 15 is 0 Å². The summed E-state index contributed by atoms with van der Waals surface area (Å²) in [6.45, 7) is 2.37. The molecule has 6 heteroatoms. The first-order valence-electron chi connectivity index (χ1n) is 6.56. The van der Waals surface area contributed by atoms with Gasteiger partial charge in [0.25, 0.3) is 0 Å². The van der Waals surface area contributed by atoms with E-state index in [9.17, 15) is 18.7 Å². The zero-order valence-electron chi connectivity index (χ0n) is 11.2. The van der Waals surface area contributed by atoms with E-state index in [1.807, 2.05) is 6.92 Å². The molecule has 0 bridgehead atoms. The molecule has 0 spiro atoms. The average Bonchev–Trinajstić information content (AvgIpc) is 2.72. The Kier molecular flexibility index (Phi) is 4.23. The number of hydrogen-bond acceptors (Lipinski definition) is 3. The van der Waals surface area contributed by atoms with Crippen molar-refractivity contribution < 1.29 is 23.4 Å². The largest absolute Gasteiger partial charge is 0.490 e. The van der Waals surface area contributed by atoms with Crippen molar-refractivity contribution in [2.24, 2.45) is 0 Å². The van der Waals surface area contributed by atoms with Gasteiger partial charge in [0.15, 0.2) is 0 Å². The maximum Gasteiger partial charge on any atom is 0.324 e. The Morgan fingerprint density at radius 2 is 2.10 bits per heavy atom. The van der Waals surface area contributed by atoms with Crippen molar-refractivity contribution in [2.45, 2.75) is 37.8 Å². The molecule has 1 saturated carbocycles. The molecule has 0 saturated heterocycles. The predicted octanol–water partition coefficient (Wildman–Crippen LogP) is 2.33. The predicted molar refractivity (Wildman–Crippen MR) is 68.7 cm³/mol. The van der Waals surface area contributed by atoms with E-state index in [0.717, 1.165) is 18.2 Å². The van der Waals surface area contributed by atoms with Gasteiger partial charge in [-0.15, -0.1) is 0 Å². The molecule has 110 valence electrons. The number of carboxylic acid groups (broad SMARTS) is 1. The SMILES string of the molecule is CCNC1(C(=O)O)CCC(Oc2cc(F)cc(F)c2)C1. The molecule has 1 aliphatic rings. The van der Waals surface area contributed by atoms with Crippen LogP contribution in [0.5, 0.6) is 5.75 Å². The summed E-state index contributed by atoms with van der Waals surface area (Å²) in [7, 11) is 0. The van der Waals surface area contributed by atoms with Crippen molar-refractivity contribution in [3.05, 3.63) is 29.8 Å². The molecular formula is C14H17F2NO3. The summed E-state index contributed by atoms with van der Waals surface area (Å²) in [5.74, 6) is -2.26. The Morgan fingerprint density at radius 1 is 1.45 bits per heavy atom. The minimum absolute atomic E-state index is 0.0881. The Labute approximate surface area is 115 Å². The third kappa shape index (κ3) is 3.07. The van der Waals surface area contributed by atoms with Crippen LogP contribution in [0.4, 0.5) is 8.78 Å². The van der Waals surface area contributed by atoms with Gasteiger partial charge >= 0.3 is 5.97 Å². The van der Waals surface area contributed by atoms with Gasteiger partial charge in [0.1, 0.15) is 29.0 Å². The van der Waals surface area contributed by atoms with Crippen molar-refractivity contribution in [1.29, 1.82) is 0 Å². The number of halogens is 2. The molecule has 1 aromatic carbocycles. The van der Waals surface area contributed by atoms with E-state index in [1.165, 1.54) is 0 Å². The highest BCUT2D eigenvalue weighted by molar-refractivity contribution is 5.79. The van der Waals surface area contributed by atoms with Crippen molar-refractivity contribution in [1.82, 2.24) is 5.32 Å². The molecule has 0 heterocycles. The van der Waals surface area contributed by atoms with Crippen LogP contribution in [0.2, 0.25) is 0 Å². The number of hydrogen-bond donors (Lipinski definition) is 2. The summed E-state index contributed by atoms with van der Waals surface area (Å²) >= 11 is 0. The summed E-state index contributed by atoms with van der Waals surface area (Å²) in [6, 6.07) is 2.95. The highest BCUT2D eigenvalue weighted by Crippen LogP contribution is 2.33. The Balaban J connectivity index is 2.07. The van der Waals surface area contributed by atoms with Gasteiger partial charge in [-0.05, 0) is 19.4 Å². The van der Waals surface area contributed by atoms with Gasteiger partial charge in [0.2, 0.25) is 0 Å². The Bertz CT molecular complexity index is 489. The lowest BCUT2D eigenvalue weighted by Crippen LogP contribution is -2.50. The third-order valence-corrected chi connectivity index (χ3v) is 3.53. The fourth-order valence-electron chi connectivity index (χ4n) is 2.66. The molecule has 20 heavy (non-hydrogen) atoms. The monoisotopic (exact) mass is 285 g/mol. The fraction of sp³-hybridized carbons (Fsp3) is 0.500. The third-order valence-electron chi connectivity index (χ3n) is 3.53. The lowest BCUT2D eigenvalue weighted by atomic mass is 9.98. The normalized spacial score (nSPS) is 25.6. The van der Waals surface area contributed by atoms with Gasteiger partial charge in [0.05, 0.1) is 0 Å². The summed E-state index contributed by atoms with van der Waals surface area (Å²) in [4.78, 5) is 11.4. The summed E-state index contributed by atoms with van der Waals surface area (Å²) < 4.78 is 31.7. The van der Waals surface area contributed by atoms with Gasteiger partial charge in [-0.3, -0.25) is 4.79 Å². The first-order chi connectivity index (χ1) is 9.45. The molecule has 1 aromatic rings. The Hall–Kier alpha value is -1.69. The lowest BCUT2D eigenvalue weighted by molar-refractivity contribution is -0.144. The van der Waals surface area contributed by atoms with Gasteiger partial charge < -0.3 is 15.2 Å². The number of ether oxygens (including phenoxy) is 1. The molecular weight excluding hydrogens is 268 g/mol. The van der Waals surface area contributed by atoms with Crippen LogP contribution >= 0.6 is 0 Å². The smallest absolute Gasteiger partial charge is 0.324 e. The van der Waals surface area contributed by atoms with Crippen LogP contribution in [-0.2, 0) is 4.79 Å². The van der Waals surface area contributed by atoms with Crippen molar-refractivity contribution >= 4 is 5.97 Å². The molecule has 2 N–H and O–H groups in total.